The Bertz CT molecular complexity index is 889. The quantitative estimate of drug-likeness (QED) is 0.732. The van der Waals surface area contributed by atoms with Gasteiger partial charge in [0, 0.05) is 17.1 Å². The largest absolute Gasteiger partial charge is 0.493 e. The van der Waals surface area contributed by atoms with Crippen molar-refractivity contribution >= 4 is 34.0 Å². The minimum Gasteiger partial charge on any atom is -0.493 e. The van der Waals surface area contributed by atoms with Crippen LogP contribution in [0.15, 0.2) is 36.7 Å². The highest BCUT2D eigenvalue weighted by molar-refractivity contribution is 6.31. The van der Waals surface area contributed by atoms with Crippen molar-refractivity contribution in [2.24, 2.45) is 0 Å². The topological polar surface area (TPSA) is 56.3 Å². The van der Waals surface area contributed by atoms with Crippen LogP contribution in [-0.2, 0) is 0 Å². The maximum atomic E-state index is 13.3. The van der Waals surface area contributed by atoms with Gasteiger partial charge in [-0.15, -0.1) is 0 Å². The van der Waals surface area contributed by atoms with Crippen molar-refractivity contribution in [3.8, 4) is 11.5 Å². The standard InChI is InChI=1S/C17H15ClFN3O2/c1-3-24-16-7-11-14(8-15(16)23-2)20-9-21-17(11)22-10-4-5-13(19)12(18)6-10/h4-9H,3H2,1-2H3,(H,20,21,22). The Morgan fingerprint density at radius 3 is 2.71 bits per heavy atom. The fraction of sp³-hybridized carbons (Fsp3) is 0.176. The molecule has 0 saturated heterocycles. The number of nitrogens with one attached hydrogen (secondary N) is 1. The average molecular weight is 348 g/mol. The molecule has 2 aromatic carbocycles. The molecule has 1 aromatic heterocycles. The van der Waals surface area contributed by atoms with Gasteiger partial charge in [0.15, 0.2) is 11.5 Å². The fourth-order valence-electron chi connectivity index (χ4n) is 2.30. The van der Waals surface area contributed by atoms with Gasteiger partial charge in [-0.1, -0.05) is 11.6 Å². The molecule has 0 aliphatic carbocycles. The van der Waals surface area contributed by atoms with Crippen LogP contribution in [0.4, 0.5) is 15.9 Å². The maximum absolute atomic E-state index is 13.3. The second-order valence-electron chi connectivity index (χ2n) is 4.93. The third kappa shape index (κ3) is 3.19. The predicted molar refractivity (Wildman–Crippen MR) is 92.0 cm³/mol. The second kappa shape index (κ2) is 6.88. The molecule has 0 fully saturated rings. The van der Waals surface area contributed by atoms with Crippen LogP contribution in [0.1, 0.15) is 6.92 Å². The third-order valence-corrected chi connectivity index (χ3v) is 3.69. The third-order valence-electron chi connectivity index (χ3n) is 3.40. The first-order valence-electron chi connectivity index (χ1n) is 7.30. The number of halogens is 2. The number of aromatic nitrogens is 2. The summed E-state index contributed by atoms with van der Waals surface area (Å²) in [5, 5.41) is 3.91. The molecule has 3 rings (SSSR count). The van der Waals surface area contributed by atoms with Gasteiger partial charge in [-0.25, -0.2) is 14.4 Å². The van der Waals surface area contributed by atoms with Gasteiger partial charge in [-0.2, -0.15) is 0 Å². The van der Waals surface area contributed by atoms with E-state index >= 15 is 0 Å². The van der Waals surface area contributed by atoms with Gasteiger partial charge in [0.1, 0.15) is 18.0 Å². The molecule has 3 aromatic rings. The van der Waals surface area contributed by atoms with E-state index < -0.39 is 5.82 Å². The van der Waals surface area contributed by atoms with E-state index in [1.807, 2.05) is 13.0 Å². The molecule has 0 aliphatic heterocycles. The first-order chi connectivity index (χ1) is 11.6. The minimum atomic E-state index is -0.474. The lowest BCUT2D eigenvalue weighted by atomic mass is 10.2. The van der Waals surface area contributed by atoms with Crippen molar-refractivity contribution in [2.45, 2.75) is 6.92 Å². The summed E-state index contributed by atoms with van der Waals surface area (Å²) in [5.41, 5.74) is 1.32. The number of ether oxygens (including phenoxy) is 2. The summed E-state index contributed by atoms with van der Waals surface area (Å²) >= 11 is 5.82. The number of methoxy groups -OCH3 is 1. The van der Waals surface area contributed by atoms with Crippen LogP contribution in [-0.4, -0.2) is 23.7 Å². The molecule has 0 saturated carbocycles. The lowest BCUT2D eigenvalue weighted by molar-refractivity contribution is 0.311. The van der Waals surface area contributed by atoms with Crippen LogP contribution < -0.4 is 14.8 Å². The lowest BCUT2D eigenvalue weighted by Gasteiger charge is -2.13. The summed E-state index contributed by atoms with van der Waals surface area (Å²) in [4.78, 5) is 8.51. The van der Waals surface area contributed by atoms with Crippen LogP contribution in [0, 0.1) is 5.82 Å². The molecular weight excluding hydrogens is 333 g/mol. The smallest absolute Gasteiger partial charge is 0.162 e. The van der Waals surface area contributed by atoms with E-state index in [2.05, 4.69) is 15.3 Å². The zero-order chi connectivity index (χ0) is 17.1. The second-order valence-corrected chi connectivity index (χ2v) is 5.34. The molecule has 0 spiro atoms. The Morgan fingerprint density at radius 1 is 1.17 bits per heavy atom. The van der Waals surface area contributed by atoms with Gasteiger partial charge in [0.05, 0.1) is 24.3 Å². The number of hydrogen-bond acceptors (Lipinski definition) is 5. The minimum absolute atomic E-state index is 0.0371. The summed E-state index contributed by atoms with van der Waals surface area (Å²) < 4.78 is 24.2. The van der Waals surface area contributed by atoms with Crippen LogP contribution in [0.2, 0.25) is 5.02 Å². The van der Waals surface area contributed by atoms with Crippen molar-refractivity contribution in [2.75, 3.05) is 19.0 Å². The zero-order valence-corrected chi connectivity index (χ0v) is 13.9. The normalized spacial score (nSPS) is 10.7. The van der Waals surface area contributed by atoms with Gasteiger partial charge in [0.25, 0.3) is 0 Å². The predicted octanol–water partition coefficient (Wildman–Crippen LogP) is 4.57. The van der Waals surface area contributed by atoms with Crippen molar-refractivity contribution in [1.29, 1.82) is 0 Å². The van der Waals surface area contributed by atoms with Crippen LogP contribution in [0.5, 0.6) is 11.5 Å². The fourth-order valence-corrected chi connectivity index (χ4v) is 2.48. The van der Waals surface area contributed by atoms with E-state index in [1.165, 1.54) is 18.5 Å². The lowest BCUT2D eigenvalue weighted by Crippen LogP contribution is -1.99. The van der Waals surface area contributed by atoms with Crippen molar-refractivity contribution in [3.05, 3.63) is 47.5 Å². The van der Waals surface area contributed by atoms with E-state index in [1.54, 1.807) is 19.2 Å². The molecular formula is C17H15ClFN3O2. The van der Waals surface area contributed by atoms with E-state index in [0.29, 0.717) is 35.1 Å². The average Bonchev–Trinajstić information content (AvgIpc) is 2.58. The van der Waals surface area contributed by atoms with Crippen LogP contribution in [0.3, 0.4) is 0 Å². The van der Waals surface area contributed by atoms with Gasteiger partial charge >= 0.3 is 0 Å². The zero-order valence-electron chi connectivity index (χ0n) is 13.1. The molecule has 0 bridgehead atoms. The number of anilines is 2. The molecule has 0 unspecified atom stereocenters. The molecule has 5 nitrogen and oxygen atoms in total. The molecule has 1 N–H and O–H groups in total. The van der Waals surface area contributed by atoms with Crippen LogP contribution >= 0.6 is 11.6 Å². The maximum Gasteiger partial charge on any atom is 0.162 e. The highest BCUT2D eigenvalue weighted by atomic mass is 35.5. The van der Waals surface area contributed by atoms with E-state index in [9.17, 15) is 4.39 Å². The monoisotopic (exact) mass is 347 g/mol. The molecule has 7 heteroatoms. The Balaban J connectivity index is 2.06. The molecule has 0 aliphatic rings. The summed E-state index contributed by atoms with van der Waals surface area (Å²) in [6.45, 7) is 2.40. The summed E-state index contributed by atoms with van der Waals surface area (Å²) in [6.07, 6.45) is 1.44. The number of fused-ring (bicyclic) bond motifs is 1. The van der Waals surface area contributed by atoms with Crippen molar-refractivity contribution in [3.63, 3.8) is 0 Å². The van der Waals surface area contributed by atoms with Gasteiger partial charge < -0.3 is 14.8 Å². The first kappa shape index (κ1) is 16.3. The number of hydrogen-bond donors (Lipinski definition) is 1. The Morgan fingerprint density at radius 2 is 2.00 bits per heavy atom. The number of benzene rings is 2. The number of rotatable bonds is 5. The Hall–Kier alpha value is -2.60. The number of nitrogens with zero attached hydrogens (tertiary/aromatic N) is 2. The van der Waals surface area contributed by atoms with Gasteiger partial charge in [-0.3, -0.25) is 0 Å². The summed E-state index contributed by atoms with van der Waals surface area (Å²) in [6, 6.07) is 7.97. The molecule has 1 heterocycles. The van der Waals surface area contributed by atoms with Crippen molar-refractivity contribution < 1.29 is 13.9 Å². The molecule has 24 heavy (non-hydrogen) atoms. The Kier molecular flexibility index (Phi) is 4.66. The SMILES string of the molecule is CCOc1cc2c(Nc3ccc(F)c(Cl)c3)ncnc2cc1OC. The summed E-state index contributed by atoms with van der Waals surface area (Å²) in [5.74, 6) is 1.28. The van der Waals surface area contributed by atoms with Gasteiger partial charge in [0.2, 0.25) is 0 Å². The van der Waals surface area contributed by atoms with Gasteiger partial charge in [-0.05, 0) is 31.2 Å². The Labute approximate surface area is 143 Å². The summed E-state index contributed by atoms with van der Waals surface area (Å²) in [7, 11) is 1.57. The molecule has 124 valence electrons. The van der Waals surface area contributed by atoms with E-state index in [-0.39, 0.29) is 5.02 Å². The molecule has 0 atom stereocenters. The highest BCUT2D eigenvalue weighted by Crippen LogP contribution is 2.35. The van der Waals surface area contributed by atoms with Crippen LogP contribution in [0.25, 0.3) is 10.9 Å². The highest BCUT2D eigenvalue weighted by Gasteiger charge is 2.12. The first-order valence-corrected chi connectivity index (χ1v) is 7.67. The molecule has 0 amide bonds. The van der Waals surface area contributed by atoms with E-state index in [4.69, 9.17) is 21.1 Å². The molecule has 0 radical (unpaired) electrons. The van der Waals surface area contributed by atoms with Crippen molar-refractivity contribution in [1.82, 2.24) is 9.97 Å². The van der Waals surface area contributed by atoms with E-state index in [0.717, 1.165) is 5.39 Å².